The molecule has 0 aliphatic carbocycles. The van der Waals surface area contributed by atoms with Crippen LogP contribution in [0.25, 0.3) is 22.2 Å². The predicted octanol–water partition coefficient (Wildman–Crippen LogP) is 5.59. The van der Waals surface area contributed by atoms with E-state index in [1.807, 2.05) is 24.3 Å². The Kier molecular flexibility index (Phi) is 5.70. The lowest BCUT2D eigenvalue weighted by atomic mass is 10.0. The van der Waals surface area contributed by atoms with E-state index in [9.17, 15) is 0 Å². The highest BCUT2D eigenvalue weighted by Crippen LogP contribution is 2.35. The van der Waals surface area contributed by atoms with Crippen molar-refractivity contribution < 1.29 is 9.26 Å². The molecule has 0 unspecified atom stereocenters. The Morgan fingerprint density at radius 1 is 1.08 bits per heavy atom. The summed E-state index contributed by atoms with van der Waals surface area (Å²) in [7, 11) is 0. The van der Waals surface area contributed by atoms with Gasteiger partial charge in [0, 0.05) is 0 Å². The lowest BCUT2D eigenvalue weighted by molar-refractivity contribution is 0.306. The molecule has 0 saturated carbocycles. The zero-order chi connectivity index (χ0) is 16.8. The highest BCUT2D eigenvalue weighted by atomic mass is 35.5. The number of hydrogen-bond acceptors (Lipinski definition) is 4. The molecule has 3 rings (SSSR count). The number of benzene rings is 2. The minimum absolute atomic E-state index is 0.199. The van der Waals surface area contributed by atoms with Crippen molar-refractivity contribution in [3.63, 3.8) is 0 Å². The number of hydrogen-bond donors (Lipinski definition) is 0. The maximum absolute atomic E-state index is 6.03. The van der Waals surface area contributed by atoms with Crippen molar-refractivity contribution in [2.75, 3.05) is 6.61 Å². The van der Waals surface area contributed by atoms with E-state index >= 15 is 0 Å². The number of aromatic nitrogens is 2. The summed E-state index contributed by atoms with van der Waals surface area (Å²) in [4.78, 5) is 4.38. The molecule has 0 fully saturated rings. The van der Waals surface area contributed by atoms with Gasteiger partial charge in [-0.2, -0.15) is 4.98 Å². The number of fused-ring (bicyclic) bond motifs is 1. The van der Waals surface area contributed by atoms with Crippen LogP contribution in [0, 0.1) is 0 Å². The number of nitrogens with zero attached hydrogens (tertiary/aromatic N) is 2. The maximum Gasteiger partial charge on any atom is 0.241 e. The van der Waals surface area contributed by atoms with Gasteiger partial charge in [0.1, 0.15) is 11.6 Å². The van der Waals surface area contributed by atoms with Crippen molar-refractivity contribution >= 4 is 22.4 Å². The van der Waals surface area contributed by atoms with Crippen molar-refractivity contribution in [2.45, 2.75) is 38.5 Å². The van der Waals surface area contributed by atoms with Crippen molar-refractivity contribution in [1.82, 2.24) is 10.1 Å². The van der Waals surface area contributed by atoms with Gasteiger partial charge < -0.3 is 9.26 Å². The van der Waals surface area contributed by atoms with Crippen LogP contribution in [0.1, 0.15) is 38.5 Å². The summed E-state index contributed by atoms with van der Waals surface area (Å²) < 4.78 is 11.2. The Morgan fingerprint density at radius 2 is 1.96 bits per heavy atom. The minimum atomic E-state index is 0.199. The zero-order valence-corrected chi connectivity index (χ0v) is 14.6. The molecule has 0 atom stereocenters. The van der Waals surface area contributed by atoms with Gasteiger partial charge in [0.2, 0.25) is 11.7 Å². The lowest BCUT2D eigenvalue weighted by Gasteiger charge is -2.12. The van der Waals surface area contributed by atoms with Crippen molar-refractivity contribution in [1.29, 1.82) is 0 Å². The molecule has 0 amide bonds. The van der Waals surface area contributed by atoms with Gasteiger partial charge in [-0.05, 0) is 23.3 Å². The summed E-state index contributed by atoms with van der Waals surface area (Å²) in [6.45, 7) is 2.89. The molecule has 0 bridgehead atoms. The molecular formula is C19H21ClN2O2. The van der Waals surface area contributed by atoms with Crippen molar-refractivity contribution in [3.8, 4) is 17.1 Å². The van der Waals surface area contributed by atoms with Crippen LogP contribution in [-0.2, 0) is 5.88 Å². The molecule has 0 aliphatic heterocycles. The summed E-state index contributed by atoms with van der Waals surface area (Å²) in [6.07, 6.45) is 4.67. The molecule has 3 aromatic rings. The van der Waals surface area contributed by atoms with Crippen molar-refractivity contribution in [3.05, 3.63) is 42.3 Å². The van der Waals surface area contributed by atoms with Gasteiger partial charge >= 0.3 is 0 Å². The average Bonchev–Trinajstić information content (AvgIpc) is 3.10. The smallest absolute Gasteiger partial charge is 0.241 e. The van der Waals surface area contributed by atoms with Crippen molar-refractivity contribution in [2.24, 2.45) is 0 Å². The van der Waals surface area contributed by atoms with E-state index in [2.05, 4.69) is 29.2 Å². The third-order valence-electron chi connectivity index (χ3n) is 3.95. The first-order valence-corrected chi connectivity index (χ1v) is 8.90. The van der Waals surface area contributed by atoms with Crippen LogP contribution in [0.3, 0.4) is 0 Å². The highest BCUT2D eigenvalue weighted by Gasteiger charge is 2.17. The van der Waals surface area contributed by atoms with Crippen LogP contribution in [0.5, 0.6) is 5.75 Å². The summed E-state index contributed by atoms with van der Waals surface area (Å²) in [5.74, 6) is 1.91. The first kappa shape index (κ1) is 16.8. The van der Waals surface area contributed by atoms with Gasteiger partial charge in [0.15, 0.2) is 0 Å². The van der Waals surface area contributed by atoms with Crippen LogP contribution >= 0.6 is 11.6 Å². The molecule has 1 heterocycles. The average molecular weight is 345 g/mol. The fraction of sp³-hybridized carbons (Fsp3) is 0.368. The maximum atomic E-state index is 6.03. The largest absolute Gasteiger partial charge is 0.493 e. The monoisotopic (exact) mass is 344 g/mol. The minimum Gasteiger partial charge on any atom is -0.493 e. The van der Waals surface area contributed by atoms with E-state index in [0.29, 0.717) is 18.3 Å². The predicted molar refractivity (Wildman–Crippen MR) is 96.4 cm³/mol. The van der Waals surface area contributed by atoms with Gasteiger partial charge in [-0.3, -0.25) is 0 Å². The van der Waals surface area contributed by atoms with Crippen LogP contribution < -0.4 is 4.74 Å². The van der Waals surface area contributed by atoms with Gasteiger partial charge in [0.05, 0.1) is 12.2 Å². The van der Waals surface area contributed by atoms with Gasteiger partial charge in [-0.25, -0.2) is 0 Å². The molecule has 0 N–H and O–H groups in total. The normalized spacial score (nSPS) is 11.1. The molecule has 24 heavy (non-hydrogen) atoms. The molecule has 0 spiro atoms. The molecule has 126 valence electrons. The third kappa shape index (κ3) is 3.70. The first-order valence-electron chi connectivity index (χ1n) is 8.37. The van der Waals surface area contributed by atoms with Crippen LogP contribution in [0.4, 0.5) is 0 Å². The summed E-state index contributed by atoms with van der Waals surface area (Å²) in [6, 6.07) is 12.2. The Labute approximate surface area is 146 Å². The Hall–Kier alpha value is -2.07. The molecule has 0 saturated heterocycles. The summed E-state index contributed by atoms with van der Waals surface area (Å²) >= 11 is 5.79. The second-order valence-corrected chi connectivity index (χ2v) is 5.98. The number of alkyl halides is 1. The molecule has 4 nitrogen and oxygen atoms in total. The van der Waals surface area contributed by atoms with Crippen LogP contribution in [0.2, 0.25) is 0 Å². The Morgan fingerprint density at radius 3 is 2.75 bits per heavy atom. The number of unbranched alkanes of at least 4 members (excludes halogenated alkanes) is 3. The van der Waals surface area contributed by atoms with Crippen LogP contribution in [-0.4, -0.2) is 16.7 Å². The van der Waals surface area contributed by atoms with Crippen LogP contribution in [0.15, 0.2) is 40.9 Å². The molecule has 1 aromatic heterocycles. The summed E-state index contributed by atoms with van der Waals surface area (Å²) in [5, 5.41) is 6.24. The first-order chi connectivity index (χ1) is 11.8. The number of rotatable bonds is 8. The molecule has 0 aliphatic rings. The van der Waals surface area contributed by atoms with E-state index in [-0.39, 0.29) is 5.88 Å². The van der Waals surface area contributed by atoms with Gasteiger partial charge in [-0.15, -0.1) is 11.6 Å². The Bertz CT molecular complexity index is 801. The van der Waals surface area contributed by atoms with Gasteiger partial charge in [-0.1, -0.05) is 61.7 Å². The SMILES string of the molecule is CCCCCCOc1ccc2ccccc2c1-c1noc(CCl)n1. The topological polar surface area (TPSA) is 48.2 Å². The standard InChI is InChI=1S/C19H21ClN2O2/c1-2-3-4-7-12-23-16-11-10-14-8-5-6-9-15(14)18(16)19-21-17(13-20)24-22-19/h5-6,8-11H,2-4,7,12-13H2,1H3. The van der Waals surface area contributed by atoms with E-state index in [1.54, 1.807) is 0 Å². The van der Waals surface area contributed by atoms with Gasteiger partial charge in [0.25, 0.3) is 0 Å². The number of halogens is 1. The number of ether oxygens (including phenoxy) is 1. The lowest BCUT2D eigenvalue weighted by Crippen LogP contribution is -2.00. The molecular weight excluding hydrogens is 324 g/mol. The van der Waals surface area contributed by atoms with E-state index < -0.39 is 0 Å². The van der Waals surface area contributed by atoms with E-state index in [4.69, 9.17) is 20.9 Å². The quantitative estimate of drug-likeness (QED) is 0.395. The fourth-order valence-electron chi connectivity index (χ4n) is 2.72. The second-order valence-electron chi connectivity index (χ2n) is 5.71. The molecule has 0 radical (unpaired) electrons. The third-order valence-corrected chi connectivity index (χ3v) is 4.18. The second kappa shape index (κ2) is 8.15. The fourth-order valence-corrected chi connectivity index (χ4v) is 2.83. The molecule has 5 heteroatoms. The molecule has 2 aromatic carbocycles. The summed E-state index contributed by atoms with van der Waals surface area (Å²) in [5.41, 5.74) is 0.865. The highest BCUT2D eigenvalue weighted by molar-refractivity contribution is 6.16. The van der Waals surface area contributed by atoms with E-state index in [1.165, 1.54) is 19.3 Å². The van der Waals surface area contributed by atoms with E-state index in [0.717, 1.165) is 28.5 Å². The Balaban J connectivity index is 1.94. The zero-order valence-electron chi connectivity index (χ0n) is 13.8.